The van der Waals surface area contributed by atoms with E-state index in [4.69, 9.17) is 0 Å². The Morgan fingerprint density at radius 3 is 2.14 bits per heavy atom. The number of hydrogen-bond acceptors (Lipinski definition) is 5. The van der Waals surface area contributed by atoms with E-state index >= 15 is 0 Å². The summed E-state index contributed by atoms with van der Waals surface area (Å²) in [5, 5.41) is 34.7. The van der Waals surface area contributed by atoms with Crippen LogP contribution in [0.25, 0.3) is 10.8 Å². The van der Waals surface area contributed by atoms with Gasteiger partial charge in [0.05, 0.1) is 5.69 Å². The number of benzene rings is 4. The molecule has 4 rings (SSSR count). The van der Waals surface area contributed by atoms with E-state index in [1.807, 2.05) is 84.9 Å². The highest BCUT2D eigenvalue weighted by Gasteiger charge is 2.18. The maximum absolute atomic E-state index is 10.9. The number of rotatable bonds is 5. The molecule has 0 heterocycles. The van der Waals surface area contributed by atoms with Crippen LogP contribution in [0.5, 0.6) is 5.75 Å². The van der Waals surface area contributed by atoms with Crippen molar-refractivity contribution in [2.45, 2.75) is 6.23 Å². The first-order valence-electron chi connectivity index (χ1n) is 8.93. The number of azo groups is 1. The Kier molecular flexibility index (Phi) is 4.99. The Labute approximate surface area is 162 Å². The summed E-state index contributed by atoms with van der Waals surface area (Å²) < 4.78 is 0. The molecule has 28 heavy (non-hydrogen) atoms. The van der Waals surface area contributed by atoms with Gasteiger partial charge >= 0.3 is 0 Å². The van der Waals surface area contributed by atoms with E-state index in [0.717, 1.165) is 16.5 Å². The van der Waals surface area contributed by atoms with Gasteiger partial charge in [0.25, 0.3) is 0 Å². The number of phenolic OH excluding ortho intramolecular Hbond substituents is 1. The van der Waals surface area contributed by atoms with Gasteiger partial charge in [0.1, 0.15) is 5.69 Å². The molecular formula is C23H19N3O2. The maximum atomic E-state index is 10.9. The molecule has 0 radical (unpaired) electrons. The summed E-state index contributed by atoms with van der Waals surface area (Å²) >= 11 is 0. The third-order valence-electron chi connectivity index (χ3n) is 4.42. The number of aliphatic hydroxyl groups is 1. The van der Waals surface area contributed by atoms with Gasteiger partial charge in [0.15, 0.2) is 12.0 Å². The van der Waals surface area contributed by atoms with Crippen molar-refractivity contribution in [1.82, 2.24) is 0 Å². The minimum absolute atomic E-state index is 0.102. The van der Waals surface area contributed by atoms with Crippen LogP contribution < -0.4 is 5.32 Å². The van der Waals surface area contributed by atoms with Crippen molar-refractivity contribution < 1.29 is 10.2 Å². The minimum atomic E-state index is -1.10. The first kappa shape index (κ1) is 17.7. The number of phenols is 1. The van der Waals surface area contributed by atoms with Gasteiger partial charge < -0.3 is 15.5 Å². The van der Waals surface area contributed by atoms with E-state index in [1.54, 1.807) is 6.07 Å². The van der Waals surface area contributed by atoms with Crippen molar-refractivity contribution >= 4 is 27.8 Å². The van der Waals surface area contributed by atoms with E-state index in [2.05, 4.69) is 15.5 Å². The van der Waals surface area contributed by atoms with Crippen LogP contribution in [0.3, 0.4) is 0 Å². The molecular weight excluding hydrogens is 350 g/mol. The van der Waals surface area contributed by atoms with Crippen LogP contribution >= 0.6 is 0 Å². The monoisotopic (exact) mass is 369 g/mol. The van der Waals surface area contributed by atoms with Crippen LogP contribution in [-0.2, 0) is 0 Å². The standard InChI is InChI=1S/C23H19N3O2/c27-22-20(23(28)24-17-10-3-1-4-11-17)15-16-9-7-8-14-19(16)21(22)26-25-18-12-5-2-6-13-18/h1-15,23-24,27-28H/b26-25+. The minimum Gasteiger partial charge on any atom is -0.505 e. The van der Waals surface area contributed by atoms with Crippen LogP contribution in [0.2, 0.25) is 0 Å². The number of aromatic hydroxyl groups is 1. The molecule has 0 aliphatic rings. The van der Waals surface area contributed by atoms with Crippen LogP contribution in [-0.4, -0.2) is 10.2 Å². The number of nitrogens with one attached hydrogen (secondary N) is 1. The largest absolute Gasteiger partial charge is 0.505 e. The van der Waals surface area contributed by atoms with Crippen molar-refractivity contribution in [3.05, 3.63) is 96.6 Å². The number of hydrogen-bond donors (Lipinski definition) is 3. The van der Waals surface area contributed by atoms with Gasteiger partial charge in [-0.15, -0.1) is 5.11 Å². The van der Waals surface area contributed by atoms with Crippen LogP contribution in [0, 0.1) is 0 Å². The molecule has 5 heteroatoms. The van der Waals surface area contributed by atoms with Crippen LogP contribution in [0.15, 0.2) is 101 Å². The SMILES string of the molecule is Oc1c(C(O)Nc2ccccc2)cc2ccccc2c1/N=N/c1ccccc1. The molecule has 1 unspecified atom stereocenters. The first-order chi connectivity index (χ1) is 13.7. The van der Waals surface area contributed by atoms with E-state index in [-0.39, 0.29) is 5.75 Å². The van der Waals surface area contributed by atoms with Gasteiger partial charge in [-0.2, -0.15) is 5.11 Å². The highest BCUT2D eigenvalue weighted by molar-refractivity contribution is 5.96. The summed E-state index contributed by atoms with van der Waals surface area (Å²) in [6.07, 6.45) is -1.10. The van der Waals surface area contributed by atoms with Gasteiger partial charge in [0, 0.05) is 16.6 Å². The fourth-order valence-electron chi connectivity index (χ4n) is 3.02. The Bertz CT molecular complexity index is 1110. The Morgan fingerprint density at radius 1 is 0.750 bits per heavy atom. The molecule has 138 valence electrons. The second-order valence-electron chi connectivity index (χ2n) is 6.33. The van der Waals surface area contributed by atoms with Crippen LogP contribution in [0.1, 0.15) is 11.8 Å². The summed E-state index contributed by atoms with van der Waals surface area (Å²) in [7, 11) is 0. The first-order valence-corrected chi connectivity index (χ1v) is 8.93. The van der Waals surface area contributed by atoms with E-state index in [9.17, 15) is 10.2 Å². The van der Waals surface area contributed by atoms with E-state index < -0.39 is 6.23 Å². The molecule has 3 N–H and O–H groups in total. The molecule has 0 fully saturated rings. The Hall–Kier alpha value is -3.70. The second-order valence-corrected chi connectivity index (χ2v) is 6.33. The predicted molar refractivity (Wildman–Crippen MR) is 111 cm³/mol. The lowest BCUT2D eigenvalue weighted by Crippen LogP contribution is -2.09. The highest BCUT2D eigenvalue weighted by Crippen LogP contribution is 2.41. The molecule has 0 bridgehead atoms. The topological polar surface area (TPSA) is 77.2 Å². The zero-order valence-electron chi connectivity index (χ0n) is 15.0. The quantitative estimate of drug-likeness (QED) is 0.295. The fourth-order valence-corrected chi connectivity index (χ4v) is 3.02. The molecule has 1 atom stereocenters. The molecule has 0 aliphatic heterocycles. The van der Waals surface area contributed by atoms with Gasteiger partial charge in [-0.3, -0.25) is 0 Å². The zero-order valence-corrected chi connectivity index (χ0v) is 15.0. The average Bonchev–Trinajstić information content (AvgIpc) is 2.74. The summed E-state index contributed by atoms with van der Waals surface area (Å²) in [5.41, 5.74) is 2.09. The lowest BCUT2D eigenvalue weighted by molar-refractivity contribution is 0.204. The molecule has 0 aliphatic carbocycles. The smallest absolute Gasteiger partial charge is 0.154 e. The van der Waals surface area contributed by atoms with Gasteiger partial charge in [0.2, 0.25) is 0 Å². The van der Waals surface area contributed by atoms with Gasteiger partial charge in [-0.05, 0) is 35.7 Å². The lowest BCUT2D eigenvalue weighted by Gasteiger charge is -2.18. The summed E-state index contributed by atoms with van der Waals surface area (Å²) in [6, 6.07) is 27.9. The lowest BCUT2D eigenvalue weighted by atomic mass is 10.0. The van der Waals surface area contributed by atoms with Crippen molar-refractivity contribution in [1.29, 1.82) is 0 Å². The molecule has 0 saturated carbocycles. The zero-order chi connectivity index (χ0) is 19.3. The summed E-state index contributed by atoms with van der Waals surface area (Å²) in [4.78, 5) is 0. The molecule has 0 aromatic heterocycles. The number of para-hydroxylation sites is 1. The molecule has 0 spiro atoms. The Morgan fingerprint density at radius 2 is 1.39 bits per heavy atom. The van der Waals surface area contributed by atoms with Crippen molar-refractivity contribution in [3.63, 3.8) is 0 Å². The van der Waals surface area contributed by atoms with Gasteiger partial charge in [-0.1, -0.05) is 60.7 Å². The normalized spacial score (nSPS) is 12.3. The second kappa shape index (κ2) is 7.90. The summed E-state index contributed by atoms with van der Waals surface area (Å²) in [5.74, 6) is -0.102. The van der Waals surface area contributed by atoms with E-state index in [0.29, 0.717) is 16.9 Å². The van der Waals surface area contributed by atoms with Gasteiger partial charge in [-0.25, -0.2) is 0 Å². The third kappa shape index (κ3) is 3.70. The third-order valence-corrected chi connectivity index (χ3v) is 4.42. The number of fused-ring (bicyclic) bond motifs is 1. The Balaban J connectivity index is 1.77. The fraction of sp³-hybridized carbons (Fsp3) is 0.0435. The van der Waals surface area contributed by atoms with Crippen LogP contribution in [0.4, 0.5) is 17.1 Å². The van der Waals surface area contributed by atoms with Crippen molar-refractivity contribution in [2.24, 2.45) is 10.2 Å². The maximum Gasteiger partial charge on any atom is 0.154 e. The highest BCUT2D eigenvalue weighted by atomic mass is 16.3. The average molecular weight is 369 g/mol. The van der Waals surface area contributed by atoms with E-state index in [1.165, 1.54) is 0 Å². The number of aliphatic hydroxyl groups excluding tert-OH is 1. The predicted octanol–water partition coefficient (Wildman–Crippen LogP) is 6.06. The van der Waals surface area contributed by atoms with Crippen molar-refractivity contribution in [3.8, 4) is 5.75 Å². The molecule has 4 aromatic rings. The summed E-state index contributed by atoms with van der Waals surface area (Å²) in [6.45, 7) is 0. The molecule has 4 aromatic carbocycles. The van der Waals surface area contributed by atoms with Crippen molar-refractivity contribution in [2.75, 3.05) is 5.32 Å². The molecule has 0 saturated heterocycles. The molecule has 0 amide bonds. The number of anilines is 1. The number of nitrogens with zero attached hydrogens (tertiary/aromatic N) is 2. The molecule has 5 nitrogen and oxygen atoms in total.